The lowest BCUT2D eigenvalue weighted by Gasteiger charge is -2.07. The molecule has 0 aromatic heterocycles. The number of carbonyl (C=O) groups excluding carboxylic acids is 1. The van der Waals surface area contributed by atoms with Crippen molar-refractivity contribution >= 4 is 18.0 Å². The zero-order chi connectivity index (χ0) is 10.2. The lowest BCUT2D eigenvalue weighted by Crippen LogP contribution is -2.04. The molecule has 0 spiro atoms. The highest BCUT2D eigenvalue weighted by Gasteiger charge is 2.06. The van der Waals surface area contributed by atoms with Crippen molar-refractivity contribution in [2.75, 3.05) is 5.75 Å². The number of hydrogen-bond donors (Lipinski definition) is 0. The van der Waals surface area contributed by atoms with Crippen LogP contribution < -0.4 is 0 Å². The van der Waals surface area contributed by atoms with E-state index in [2.05, 4.69) is 19.1 Å². The highest BCUT2D eigenvalue weighted by molar-refractivity contribution is 7.99. The molecule has 0 saturated carbocycles. The number of aldehydes is 1. The Kier molecular flexibility index (Phi) is 5.38. The number of hydrogen-bond acceptors (Lipinski definition) is 2. The van der Waals surface area contributed by atoms with Crippen LogP contribution in [-0.2, 0) is 4.79 Å². The summed E-state index contributed by atoms with van der Waals surface area (Å²) in [6.45, 7) is 2.11. The molecule has 1 aromatic carbocycles. The van der Waals surface area contributed by atoms with Gasteiger partial charge in [0.15, 0.2) is 0 Å². The lowest BCUT2D eigenvalue weighted by molar-refractivity contribution is -0.110. The molecule has 1 unspecified atom stereocenters. The van der Waals surface area contributed by atoms with Gasteiger partial charge < -0.3 is 4.79 Å². The van der Waals surface area contributed by atoms with E-state index in [0.29, 0.717) is 0 Å². The van der Waals surface area contributed by atoms with Gasteiger partial charge >= 0.3 is 0 Å². The molecule has 0 heterocycles. The van der Waals surface area contributed by atoms with Gasteiger partial charge in [-0.3, -0.25) is 0 Å². The van der Waals surface area contributed by atoms with Crippen molar-refractivity contribution in [2.45, 2.75) is 24.7 Å². The van der Waals surface area contributed by atoms with E-state index in [0.717, 1.165) is 24.9 Å². The van der Waals surface area contributed by atoms with E-state index >= 15 is 0 Å². The Balaban J connectivity index is 2.35. The van der Waals surface area contributed by atoms with Crippen LogP contribution in [0.15, 0.2) is 35.2 Å². The van der Waals surface area contributed by atoms with Crippen LogP contribution in [0.25, 0.3) is 0 Å². The predicted molar refractivity (Wildman–Crippen MR) is 61.6 cm³/mol. The van der Waals surface area contributed by atoms with Crippen LogP contribution in [-0.4, -0.2) is 12.0 Å². The first-order valence-electron chi connectivity index (χ1n) is 5.00. The molecule has 76 valence electrons. The van der Waals surface area contributed by atoms with Crippen LogP contribution >= 0.6 is 11.8 Å². The van der Waals surface area contributed by atoms with Gasteiger partial charge in [-0.2, -0.15) is 0 Å². The van der Waals surface area contributed by atoms with Gasteiger partial charge in [-0.15, -0.1) is 11.8 Å². The minimum absolute atomic E-state index is 0.213. The Morgan fingerprint density at radius 1 is 1.36 bits per heavy atom. The summed E-state index contributed by atoms with van der Waals surface area (Å²) in [6.07, 6.45) is 3.17. The molecule has 0 aliphatic rings. The molecule has 1 rings (SSSR count). The van der Waals surface area contributed by atoms with Gasteiger partial charge in [0.1, 0.15) is 6.29 Å². The Bertz CT molecular complexity index is 258. The van der Waals surface area contributed by atoms with Gasteiger partial charge in [0.05, 0.1) is 0 Å². The number of rotatable bonds is 6. The zero-order valence-electron chi connectivity index (χ0n) is 8.48. The van der Waals surface area contributed by atoms with E-state index < -0.39 is 0 Å². The van der Waals surface area contributed by atoms with Crippen molar-refractivity contribution in [1.82, 2.24) is 0 Å². The maximum Gasteiger partial charge on any atom is 0.123 e. The number of benzene rings is 1. The van der Waals surface area contributed by atoms with E-state index in [9.17, 15) is 4.79 Å². The summed E-state index contributed by atoms with van der Waals surface area (Å²) < 4.78 is 0. The molecular formula is C12H16OS. The van der Waals surface area contributed by atoms with Crippen LogP contribution in [0, 0.1) is 5.92 Å². The largest absolute Gasteiger partial charge is 0.303 e. The number of thioether (sulfide) groups is 1. The van der Waals surface area contributed by atoms with Crippen molar-refractivity contribution in [2.24, 2.45) is 5.92 Å². The molecule has 0 aliphatic heterocycles. The molecule has 0 N–H and O–H groups in total. The average Bonchev–Trinajstić information content (AvgIpc) is 2.25. The Labute approximate surface area is 89.9 Å². The molecule has 1 aromatic rings. The molecule has 14 heavy (non-hydrogen) atoms. The van der Waals surface area contributed by atoms with Crippen molar-refractivity contribution in [3.05, 3.63) is 30.3 Å². The third-order valence-electron chi connectivity index (χ3n) is 2.06. The van der Waals surface area contributed by atoms with Gasteiger partial charge in [-0.05, 0) is 18.6 Å². The predicted octanol–water partition coefficient (Wildman–Crippen LogP) is 3.39. The Morgan fingerprint density at radius 3 is 2.64 bits per heavy atom. The Morgan fingerprint density at radius 2 is 2.07 bits per heavy atom. The van der Waals surface area contributed by atoms with Gasteiger partial charge in [0.25, 0.3) is 0 Å². The molecule has 0 saturated heterocycles. The maximum atomic E-state index is 10.7. The van der Waals surface area contributed by atoms with Crippen LogP contribution in [0.4, 0.5) is 0 Å². The van der Waals surface area contributed by atoms with E-state index in [4.69, 9.17) is 0 Å². The standard InChI is InChI=1S/C12H16OS/c1-2-6-11(9-13)10-14-12-7-4-3-5-8-12/h3-5,7-9,11H,2,6,10H2,1H3. The summed E-state index contributed by atoms with van der Waals surface area (Å²) in [6, 6.07) is 10.2. The van der Waals surface area contributed by atoms with Crippen molar-refractivity contribution in [1.29, 1.82) is 0 Å². The second kappa shape index (κ2) is 6.66. The molecule has 0 aliphatic carbocycles. The first-order chi connectivity index (χ1) is 6.86. The highest BCUT2D eigenvalue weighted by Crippen LogP contribution is 2.21. The van der Waals surface area contributed by atoms with Gasteiger partial charge in [-0.25, -0.2) is 0 Å². The second-order valence-corrected chi connectivity index (χ2v) is 4.40. The van der Waals surface area contributed by atoms with E-state index in [-0.39, 0.29) is 5.92 Å². The van der Waals surface area contributed by atoms with Gasteiger partial charge in [0, 0.05) is 16.6 Å². The number of carbonyl (C=O) groups is 1. The minimum Gasteiger partial charge on any atom is -0.303 e. The SMILES string of the molecule is CCCC(C=O)CSc1ccccc1. The summed E-state index contributed by atoms with van der Waals surface area (Å²) in [5.41, 5.74) is 0. The molecule has 1 nitrogen and oxygen atoms in total. The lowest BCUT2D eigenvalue weighted by atomic mass is 10.1. The fraction of sp³-hybridized carbons (Fsp3) is 0.417. The third-order valence-corrected chi connectivity index (χ3v) is 3.26. The van der Waals surface area contributed by atoms with Crippen LogP contribution in [0.1, 0.15) is 19.8 Å². The summed E-state index contributed by atoms with van der Waals surface area (Å²) in [5, 5.41) is 0. The fourth-order valence-corrected chi connectivity index (χ4v) is 2.28. The van der Waals surface area contributed by atoms with E-state index in [1.807, 2.05) is 18.2 Å². The summed E-state index contributed by atoms with van der Waals surface area (Å²) >= 11 is 1.76. The van der Waals surface area contributed by atoms with Crippen LogP contribution in [0.2, 0.25) is 0 Å². The molecule has 0 bridgehead atoms. The van der Waals surface area contributed by atoms with Crippen LogP contribution in [0.3, 0.4) is 0 Å². The van der Waals surface area contributed by atoms with Gasteiger partial charge in [-0.1, -0.05) is 31.5 Å². The maximum absolute atomic E-state index is 10.7. The fourth-order valence-electron chi connectivity index (χ4n) is 1.28. The molecule has 2 heteroatoms. The topological polar surface area (TPSA) is 17.1 Å². The summed E-state index contributed by atoms with van der Waals surface area (Å²) in [5.74, 6) is 1.12. The molecular weight excluding hydrogens is 192 g/mol. The monoisotopic (exact) mass is 208 g/mol. The summed E-state index contributed by atoms with van der Waals surface area (Å²) in [4.78, 5) is 11.9. The minimum atomic E-state index is 0.213. The quantitative estimate of drug-likeness (QED) is 0.526. The highest BCUT2D eigenvalue weighted by atomic mass is 32.2. The Hall–Kier alpha value is -0.760. The molecule has 0 fully saturated rings. The second-order valence-electron chi connectivity index (χ2n) is 3.31. The zero-order valence-corrected chi connectivity index (χ0v) is 9.30. The van der Waals surface area contributed by atoms with Crippen molar-refractivity contribution in [3.63, 3.8) is 0 Å². The van der Waals surface area contributed by atoms with E-state index in [1.54, 1.807) is 11.8 Å². The molecule has 1 atom stereocenters. The third kappa shape index (κ3) is 3.97. The normalized spacial score (nSPS) is 12.4. The first kappa shape index (κ1) is 11.3. The molecule has 0 radical (unpaired) electrons. The average molecular weight is 208 g/mol. The van der Waals surface area contributed by atoms with Gasteiger partial charge in [0.2, 0.25) is 0 Å². The van der Waals surface area contributed by atoms with Crippen LogP contribution in [0.5, 0.6) is 0 Å². The first-order valence-corrected chi connectivity index (χ1v) is 5.98. The summed E-state index contributed by atoms with van der Waals surface area (Å²) in [7, 11) is 0. The van der Waals surface area contributed by atoms with Crippen molar-refractivity contribution < 1.29 is 4.79 Å². The smallest absolute Gasteiger partial charge is 0.123 e. The molecule has 0 amide bonds. The van der Waals surface area contributed by atoms with E-state index in [1.165, 1.54) is 4.90 Å². The van der Waals surface area contributed by atoms with Crippen molar-refractivity contribution in [3.8, 4) is 0 Å².